The molecule has 1 aromatic heterocycles. The minimum Gasteiger partial charge on any atom is -0.489 e. The lowest BCUT2D eigenvalue weighted by Crippen LogP contribution is -2.39. The number of amides is 1. The normalized spacial score (nSPS) is 21.2. The molecule has 2 aliphatic rings. The van der Waals surface area contributed by atoms with E-state index in [0.29, 0.717) is 23.9 Å². The molecule has 13 heteroatoms. The maximum Gasteiger partial charge on any atom is 0.255 e. The first kappa shape index (κ1) is 23.6. The number of hydrogen-bond acceptors (Lipinski definition) is 7. The van der Waals surface area contributed by atoms with Gasteiger partial charge in [0.05, 0.1) is 24.0 Å². The lowest BCUT2D eigenvalue weighted by atomic mass is 9.84. The third kappa shape index (κ3) is 5.88. The maximum absolute atomic E-state index is 14.2. The number of rotatable bonds is 7. The van der Waals surface area contributed by atoms with Crippen LogP contribution in [0.4, 0.5) is 21.8 Å². The molecule has 0 bridgehead atoms. The van der Waals surface area contributed by atoms with Crippen molar-refractivity contribution in [1.82, 2.24) is 20.0 Å². The van der Waals surface area contributed by atoms with Crippen LogP contribution in [0.2, 0.25) is 5.02 Å². The molecule has 4 rings (SSSR count). The summed E-state index contributed by atoms with van der Waals surface area (Å²) in [7, 11) is 0. The van der Waals surface area contributed by atoms with E-state index in [-0.39, 0.29) is 41.5 Å². The lowest BCUT2D eigenvalue weighted by molar-refractivity contribution is 0.0956. The zero-order valence-corrected chi connectivity index (χ0v) is 19.1. The highest BCUT2D eigenvalue weighted by Crippen LogP contribution is 2.34. The molecule has 1 unspecified atom stereocenters. The average molecular weight is 499 g/mol. The van der Waals surface area contributed by atoms with Gasteiger partial charge in [0.1, 0.15) is 17.4 Å². The zero-order chi connectivity index (χ0) is 23.4. The predicted octanol–water partition coefficient (Wildman–Crippen LogP) is 2.83. The monoisotopic (exact) mass is 498 g/mol. The zero-order valence-electron chi connectivity index (χ0n) is 17.6. The van der Waals surface area contributed by atoms with Crippen molar-refractivity contribution in [2.75, 3.05) is 30.3 Å². The Bertz CT molecular complexity index is 1060. The molecule has 1 amide bonds. The summed E-state index contributed by atoms with van der Waals surface area (Å²) in [6, 6.07) is 2.32. The quantitative estimate of drug-likeness (QED) is 0.367. The Hall–Kier alpha value is -2.54. The highest BCUT2D eigenvalue weighted by Gasteiger charge is 2.27. The Kier molecular flexibility index (Phi) is 7.58. The van der Waals surface area contributed by atoms with Crippen LogP contribution < -0.4 is 25.4 Å². The smallest absolute Gasteiger partial charge is 0.255 e. The van der Waals surface area contributed by atoms with Crippen molar-refractivity contribution >= 4 is 46.2 Å². The molecule has 3 atom stereocenters. The number of nitrogens with one attached hydrogen (secondary N) is 4. The fraction of sp³-hybridized carbons (Fsp3) is 0.450. The van der Waals surface area contributed by atoms with Crippen LogP contribution in [0.1, 0.15) is 36.0 Å². The summed E-state index contributed by atoms with van der Waals surface area (Å²) in [6.45, 7) is 0.924. The fourth-order valence-electron chi connectivity index (χ4n) is 4.07. The van der Waals surface area contributed by atoms with Gasteiger partial charge in [-0.2, -0.15) is 4.98 Å². The van der Waals surface area contributed by atoms with Gasteiger partial charge in [-0.05, 0) is 24.8 Å². The number of halogens is 2. The third-order valence-corrected chi connectivity index (χ3v) is 6.31. The van der Waals surface area contributed by atoms with E-state index in [1.165, 1.54) is 12.3 Å². The van der Waals surface area contributed by atoms with E-state index in [0.717, 1.165) is 31.7 Å². The van der Waals surface area contributed by atoms with E-state index in [1.807, 2.05) is 0 Å². The van der Waals surface area contributed by atoms with Gasteiger partial charge in [0.25, 0.3) is 5.91 Å². The summed E-state index contributed by atoms with van der Waals surface area (Å²) in [5.41, 5.74) is 0.307. The summed E-state index contributed by atoms with van der Waals surface area (Å²) in [5, 5.41) is 9.20. The molecule has 0 spiro atoms. The topological polar surface area (TPSA) is 138 Å². The molecule has 0 saturated heterocycles. The van der Waals surface area contributed by atoms with Crippen molar-refractivity contribution in [2.24, 2.45) is 5.92 Å². The van der Waals surface area contributed by atoms with Crippen molar-refractivity contribution in [3.63, 3.8) is 0 Å². The molecule has 0 radical (unpaired) electrons. The number of aromatic nitrogens is 2. The van der Waals surface area contributed by atoms with Gasteiger partial charge < -0.3 is 20.7 Å². The first-order valence-corrected chi connectivity index (χ1v) is 12.0. The summed E-state index contributed by atoms with van der Waals surface area (Å²) < 4.78 is 42.5. The van der Waals surface area contributed by atoms with Crippen LogP contribution in [0.15, 0.2) is 18.3 Å². The molecule has 33 heavy (non-hydrogen) atoms. The van der Waals surface area contributed by atoms with Gasteiger partial charge >= 0.3 is 0 Å². The third-order valence-electron chi connectivity index (χ3n) is 5.62. The van der Waals surface area contributed by atoms with Gasteiger partial charge in [-0.1, -0.05) is 24.4 Å². The molecular formula is C20H24ClFN6O4S. The average Bonchev–Trinajstić information content (AvgIpc) is 2.97. The van der Waals surface area contributed by atoms with Crippen molar-refractivity contribution in [3.8, 4) is 5.75 Å². The highest BCUT2D eigenvalue weighted by atomic mass is 35.5. The Morgan fingerprint density at radius 1 is 1.33 bits per heavy atom. The molecule has 1 aliphatic carbocycles. The van der Waals surface area contributed by atoms with E-state index < -0.39 is 23.0 Å². The van der Waals surface area contributed by atoms with Crippen LogP contribution in [0.25, 0.3) is 0 Å². The van der Waals surface area contributed by atoms with Gasteiger partial charge in [-0.15, -0.1) is 0 Å². The number of anilines is 3. The first-order chi connectivity index (χ1) is 15.9. The highest BCUT2D eigenvalue weighted by molar-refractivity contribution is 7.77. The summed E-state index contributed by atoms with van der Waals surface area (Å²) in [5.74, 6) is -0.173. The number of ether oxygens (including phenoxy) is 1. The van der Waals surface area contributed by atoms with E-state index in [2.05, 4.69) is 30.6 Å². The molecule has 2 heterocycles. The number of nitrogens with zero attached hydrogens (tertiary/aromatic N) is 2. The summed E-state index contributed by atoms with van der Waals surface area (Å²) >= 11 is 4.24. The molecule has 178 valence electrons. The molecule has 1 aromatic carbocycles. The van der Waals surface area contributed by atoms with Crippen LogP contribution in [0, 0.1) is 11.7 Å². The van der Waals surface area contributed by atoms with Crippen LogP contribution >= 0.6 is 11.6 Å². The molecule has 2 aromatic rings. The molecule has 1 saturated carbocycles. The number of benzene rings is 1. The molecule has 1 fully saturated rings. The van der Waals surface area contributed by atoms with Crippen molar-refractivity contribution in [1.29, 1.82) is 0 Å². The van der Waals surface area contributed by atoms with Crippen LogP contribution in [0.5, 0.6) is 5.75 Å². The number of fused-ring (bicyclic) bond motifs is 1. The SMILES string of the molecule is O=C1NCCOc2c(Nc3ncc(Cl)c(N[C@@H]4CCCC[C@@H]4CNS(=O)O)n3)cc(F)cc21. The van der Waals surface area contributed by atoms with Gasteiger partial charge in [0.2, 0.25) is 17.2 Å². The van der Waals surface area contributed by atoms with Crippen molar-refractivity contribution in [2.45, 2.75) is 31.7 Å². The van der Waals surface area contributed by atoms with Gasteiger partial charge in [-0.3, -0.25) is 9.35 Å². The van der Waals surface area contributed by atoms with E-state index in [9.17, 15) is 13.4 Å². The van der Waals surface area contributed by atoms with E-state index in [1.54, 1.807) is 0 Å². The molecule has 1 aliphatic heterocycles. The van der Waals surface area contributed by atoms with Crippen LogP contribution in [0.3, 0.4) is 0 Å². The second kappa shape index (κ2) is 10.6. The second-order valence-electron chi connectivity index (χ2n) is 7.84. The Morgan fingerprint density at radius 3 is 2.97 bits per heavy atom. The Morgan fingerprint density at radius 2 is 2.15 bits per heavy atom. The Balaban J connectivity index is 1.56. The second-order valence-corrected chi connectivity index (χ2v) is 9.04. The largest absolute Gasteiger partial charge is 0.489 e. The summed E-state index contributed by atoms with van der Waals surface area (Å²) in [6.07, 6.45) is 5.21. The number of carbonyl (C=O) groups excluding carboxylic acids is 1. The van der Waals surface area contributed by atoms with Crippen molar-refractivity contribution in [3.05, 3.63) is 34.7 Å². The van der Waals surface area contributed by atoms with Gasteiger partial charge in [0, 0.05) is 18.7 Å². The first-order valence-electron chi connectivity index (χ1n) is 10.6. The molecule has 10 nitrogen and oxygen atoms in total. The van der Waals surface area contributed by atoms with Crippen LogP contribution in [-0.2, 0) is 11.3 Å². The minimum absolute atomic E-state index is 0.00693. The summed E-state index contributed by atoms with van der Waals surface area (Å²) in [4.78, 5) is 20.8. The minimum atomic E-state index is -2.08. The van der Waals surface area contributed by atoms with E-state index in [4.69, 9.17) is 20.9 Å². The fourth-order valence-corrected chi connectivity index (χ4v) is 4.57. The Labute approximate surface area is 197 Å². The van der Waals surface area contributed by atoms with Gasteiger partial charge in [0.15, 0.2) is 11.6 Å². The van der Waals surface area contributed by atoms with Gasteiger partial charge in [-0.25, -0.2) is 18.3 Å². The van der Waals surface area contributed by atoms with Crippen molar-refractivity contribution < 1.29 is 22.7 Å². The standard InChI is InChI=1S/C20H24ClFN6O4S/c21-14-10-24-20(27-16-8-12(22)7-13-17(16)32-6-5-23-19(13)29)28-18(14)26-15-4-2-1-3-11(15)9-25-33(30)31/h7-8,10-11,15,25H,1-6,9H2,(H,23,29)(H,30,31)(H2,24,26,27,28)/t11-,15-/m1/s1. The maximum atomic E-state index is 14.2. The number of hydrogen-bond donors (Lipinski definition) is 5. The lowest BCUT2D eigenvalue weighted by Gasteiger charge is -2.32. The molecular weight excluding hydrogens is 475 g/mol. The number of carbonyl (C=O) groups is 1. The molecule has 5 N–H and O–H groups in total. The predicted molar refractivity (Wildman–Crippen MR) is 123 cm³/mol. The van der Waals surface area contributed by atoms with E-state index >= 15 is 0 Å². The van der Waals surface area contributed by atoms with Crippen LogP contribution in [-0.4, -0.2) is 50.4 Å².